The van der Waals surface area contributed by atoms with Crippen molar-refractivity contribution in [2.24, 2.45) is 5.92 Å². The molecular formula is C31H42F2N4O3. The second-order valence-electron chi connectivity index (χ2n) is 11.5. The molecule has 1 fully saturated rings. The molecular weight excluding hydrogens is 514 g/mol. The molecule has 0 aliphatic carbocycles. The van der Waals surface area contributed by atoms with Gasteiger partial charge in [-0.1, -0.05) is 39.3 Å². The summed E-state index contributed by atoms with van der Waals surface area (Å²) in [5.74, 6) is 1.45. The number of anilines is 2. The number of nitrogens with one attached hydrogen (secondary N) is 1. The Morgan fingerprint density at radius 1 is 1.12 bits per heavy atom. The fourth-order valence-corrected chi connectivity index (χ4v) is 5.93. The monoisotopic (exact) mass is 556 g/mol. The van der Waals surface area contributed by atoms with E-state index in [2.05, 4.69) is 29.0 Å². The number of pyridine rings is 1. The van der Waals surface area contributed by atoms with Gasteiger partial charge in [-0.05, 0) is 81.4 Å². The fourth-order valence-electron chi connectivity index (χ4n) is 5.93. The Bertz CT molecular complexity index is 1210. The van der Waals surface area contributed by atoms with E-state index in [1.165, 1.54) is 25.0 Å². The van der Waals surface area contributed by atoms with E-state index < -0.39 is 11.8 Å². The molecule has 3 aliphatic heterocycles. The number of aromatic nitrogens is 1. The molecule has 1 spiro atoms. The van der Waals surface area contributed by atoms with E-state index in [0.717, 1.165) is 48.6 Å². The zero-order valence-electron chi connectivity index (χ0n) is 24.1. The van der Waals surface area contributed by atoms with Crippen LogP contribution in [0.25, 0.3) is 0 Å². The summed E-state index contributed by atoms with van der Waals surface area (Å²) in [6, 6.07) is 6.41. The number of aryl methyl sites for hydroxylation is 1. The van der Waals surface area contributed by atoms with Crippen LogP contribution in [0.2, 0.25) is 0 Å². The number of halogens is 2. The summed E-state index contributed by atoms with van der Waals surface area (Å²) in [6.45, 7) is 11.1. The SMILES string of the molecule is CCC(C)CCN1CCC2(CC1)C(=O)Nc1ccc(C(F)F)cc12.CCC(CO)N1C(=O)Cc2cc(C)cnc21. The lowest BCUT2D eigenvalue weighted by Crippen LogP contribution is -2.46. The third-order valence-corrected chi connectivity index (χ3v) is 8.80. The van der Waals surface area contributed by atoms with Crippen molar-refractivity contribution >= 4 is 23.3 Å². The van der Waals surface area contributed by atoms with Crippen LogP contribution >= 0.6 is 0 Å². The van der Waals surface area contributed by atoms with Gasteiger partial charge in [0.25, 0.3) is 6.43 Å². The number of amides is 2. The third kappa shape index (κ3) is 6.05. The Kier molecular flexibility index (Phi) is 9.56. The minimum absolute atomic E-state index is 0.00354. The highest BCUT2D eigenvalue weighted by atomic mass is 19.3. The van der Waals surface area contributed by atoms with Crippen molar-refractivity contribution in [2.75, 3.05) is 36.5 Å². The molecule has 0 bridgehead atoms. The number of fused-ring (bicyclic) bond motifs is 3. The van der Waals surface area contributed by atoms with Gasteiger partial charge in [0.2, 0.25) is 11.8 Å². The van der Waals surface area contributed by atoms with Gasteiger partial charge >= 0.3 is 0 Å². The summed E-state index contributed by atoms with van der Waals surface area (Å²) in [4.78, 5) is 32.8. The number of aliphatic hydroxyl groups is 1. The molecule has 1 aromatic carbocycles. The number of rotatable bonds is 8. The molecule has 218 valence electrons. The summed E-state index contributed by atoms with van der Waals surface area (Å²) in [5.41, 5.74) is 2.89. The number of carbonyl (C=O) groups is 2. The van der Waals surface area contributed by atoms with E-state index in [1.807, 2.05) is 19.9 Å². The fraction of sp³-hybridized carbons (Fsp3) is 0.581. The molecule has 3 aliphatic rings. The van der Waals surface area contributed by atoms with Crippen molar-refractivity contribution in [3.63, 3.8) is 0 Å². The third-order valence-electron chi connectivity index (χ3n) is 8.80. The summed E-state index contributed by atoms with van der Waals surface area (Å²) in [5, 5.41) is 12.2. The first-order valence-corrected chi connectivity index (χ1v) is 14.5. The van der Waals surface area contributed by atoms with Gasteiger partial charge in [0.15, 0.2) is 0 Å². The number of nitrogens with zero attached hydrogens (tertiary/aromatic N) is 3. The first kappa shape index (κ1) is 30.1. The Balaban J connectivity index is 0.000000201. The van der Waals surface area contributed by atoms with Crippen LogP contribution in [0, 0.1) is 12.8 Å². The highest BCUT2D eigenvalue weighted by Crippen LogP contribution is 2.46. The smallest absolute Gasteiger partial charge is 0.263 e. The molecule has 7 nitrogen and oxygen atoms in total. The molecule has 1 aromatic heterocycles. The van der Waals surface area contributed by atoms with E-state index in [1.54, 1.807) is 17.2 Å². The van der Waals surface area contributed by atoms with Gasteiger partial charge in [-0.2, -0.15) is 0 Å². The molecule has 2 unspecified atom stereocenters. The Hall–Kier alpha value is -2.91. The first-order valence-electron chi connectivity index (χ1n) is 14.5. The van der Waals surface area contributed by atoms with Crippen LogP contribution in [-0.4, -0.2) is 59.1 Å². The molecule has 2 aromatic rings. The van der Waals surface area contributed by atoms with Gasteiger partial charge in [0, 0.05) is 23.0 Å². The summed E-state index contributed by atoms with van der Waals surface area (Å²) >= 11 is 0. The maximum Gasteiger partial charge on any atom is 0.263 e. The van der Waals surface area contributed by atoms with Crippen LogP contribution in [0.5, 0.6) is 0 Å². The second-order valence-corrected chi connectivity index (χ2v) is 11.5. The van der Waals surface area contributed by atoms with Crippen molar-refractivity contribution in [1.29, 1.82) is 0 Å². The minimum Gasteiger partial charge on any atom is -0.394 e. The van der Waals surface area contributed by atoms with Gasteiger partial charge in [-0.25, -0.2) is 13.8 Å². The van der Waals surface area contributed by atoms with E-state index >= 15 is 0 Å². The van der Waals surface area contributed by atoms with E-state index in [4.69, 9.17) is 0 Å². The van der Waals surface area contributed by atoms with E-state index in [9.17, 15) is 23.5 Å². The molecule has 5 rings (SSSR count). The van der Waals surface area contributed by atoms with Crippen molar-refractivity contribution in [3.8, 4) is 0 Å². The molecule has 4 heterocycles. The normalized spacial score (nSPS) is 19.2. The number of likely N-dealkylation sites (tertiary alicyclic amines) is 1. The van der Waals surface area contributed by atoms with Crippen molar-refractivity contribution in [1.82, 2.24) is 9.88 Å². The zero-order chi connectivity index (χ0) is 29.0. The van der Waals surface area contributed by atoms with Crippen LogP contribution < -0.4 is 10.2 Å². The predicted octanol–water partition coefficient (Wildman–Crippen LogP) is 5.40. The van der Waals surface area contributed by atoms with Crippen LogP contribution in [0.4, 0.5) is 20.3 Å². The lowest BCUT2D eigenvalue weighted by atomic mass is 9.73. The van der Waals surface area contributed by atoms with Crippen molar-refractivity contribution in [3.05, 3.63) is 52.7 Å². The Morgan fingerprint density at radius 3 is 2.48 bits per heavy atom. The summed E-state index contributed by atoms with van der Waals surface area (Å²) in [7, 11) is 0. The zero-order valence-corrected chi connectivity index (χ0v) is 24.1. The summed E-state index contributed by atoms with van der Waals surface area (Å²) < 4.78 is 26.1. The summed E-state index contributed by atoms with van der Waals surface area (Å²) in [6.07, 6.45) is 4.16. The highest BCUT2D eigenvalue weighted by molar-refractivity contribution is 6.06. The van der Waals surface area contributed by atoms with Gasteiger partial charge in [0.1, 0.15) is 5.82 Å². The van der Waals surface area contributed by atoms with Crippen LogP contribution in [0.1, 0.15) is 81.6 Å². The Labute approximate surface area is 236 Å². The lowest BCUT2D eigenvalue weighted by Gasteiger charge is -2.38. The quantitative estimate of drug-likeness (QED) is 0.455. The number of hydrogen-bond donors (Lipinski definition) is 2. The number of alkyl halides is 2. The highest BCUT2D eigenvalue weighted by Gasteiger charge is 2.48. The maximum absolute atomic E-state index is 13.0. The lowest BCUT2D eigenvalue weighted by molar-refractivity contribution is -0.122. The molecule has 0 saturated carbocycles. The molecule has 9 heteroatoms. The van der Waals surface area contributed by atoms with E-state index in [0.29, 0.717) is 30.9 Å². The minimum atomic E-state index is -2.50. The van der Waals surface area contributed by atoms with Gasteiger partial charge in [0.05, 0.1) is 24.5 Å². The van der Waals surface area contributed by atoms with Crippen LogP contribution in [0.15, 0.2) is 30.5 Å². The van der Waals surface area contributed by atoms with Crippen LogP contribution in [-0.2, 0) is 21.4 Å². The molecule has 2 amide bonds. The molecule has 1 saturated heterocycles. The number of benzene rings is 1. The number of hydrogen-bond acceptors (Lipinski definition) is 5. The molecule has 2 N–H and O–H groups in total. The average molecular weight is 557 g/mol. The van der Waals surface area contributed by atoms with Crippen molar-refractivity contribution < 1.29 is 23.5 Å². The molecule has 0 radical (unpaired) electrons. The van der Waals surface area contributed by atoms with Crippen molar-refractivity contribution in [2.45, 2.75) is 84.1 Å². The van der Waals surface area contributed by atoms with Crippen LogP contribution in [0.3, 0.4) is 0 Å². The number of aliphatic hydroxyl groups excluding tert-OH is 1. The Morgan fingerprint density at radius 2 is 1.85 bits per heavy atom. The standard InChI is InChI=1S/C19H26F2N2O.C12H16N2O2/c1-3-13(2)6-9-23-10-7-19(8-11-23)15-12-14(17(20)21)4-5-16(15)22-18(19)24;1-3-10(7-15)14-11(16)5-9-4-8(2)6-13-12(9)14/h4-5,12-13,17H,3,6-11H2,1-2H3,(H,22,24);4,6,10,15H,3,5,7H2,1-2H3. The maximum atomic E-state index is 13.0. The number of piperidine rings is 1. The first-order chi connectivity index (χ1) is 19.1. The predicted molar refractivity (Wildman–Crippen MR) is 153 cm³/mol. The molecule has 2 atom stereocenters. The second kappa shape index (κ2) is 12.7. The van der Waals surface area contributed by atoms with Gasteiger partial charge in [-0.3, -0.25) is 14.5 Å². The van der Waals surface area contributed by atoms with E-state index in [-0.39, 0.29) is 30.0 Å². The van der Waals surface area contributed by atoms with Gasteiger partial charge < -0.3 is 15.3 Å². The van der Waals surface area contributed by atoms with Gasteiger partial charge in [-0.15, -0.1) is 0 Å². The number of carbonyl (C=O) groups excluding carboxylic acids is 2. The molecule has 40 heavy (non-hydrogen) atoms. The average Bonchev–Trinajstić information content (AvgIpc) is 3.41. The largest absolute Gasteiger partial charge is 0.394 e. The topological polar surface area (TPSA) is 85.8 Å².